The number of aromatic nitrogens is 2. The van der Waals surface area contributed by atoms with E-state index in [0.717, 1.165) is 18.5 Å². The number of carbonyl (C=O) groups excluding carboxylic acids is 1. The molecule has 0 fully saturated rings. The molecule has 120 valence electrons. The Labute approximate surface area is 135 Å². The second-order valence-corrected chi connectivity index (χ2v) is 4.89. The second kappa shape index (κ2) is 8.41. The quantitative estimate of drug-likeness (QED) is 0.699. The lowest BCUT2D eigenvalue weighted by Crippen LogP contribution is -2.27. The molecule has 1 aromatic carbocycles. The predicted octanol–water partition coefficient (Wildman–Crippen LogP) is 1.24. The molecule has 0 aliphatic heterocycles. The zero-order valence-corrected chi connectivity index (χ0v) is 13.5. The van der Waals surface area contributed by atoms with Crippen molar-refractivity contribution < 1.29 is 4.79 Å². The van der Waals surface area contributed by atoms with Crippen molar-refractivity contribution in [1.82, 2.24) is 20.4 Å². The highest BCUT2D eigenvalue weighted by atomic mass is 35.5. The lowest BCUT2D eigenvalue weighted by Gasteiger charge is -2.04. The van der Waals surface area contributed by atoms with Crippen molar-refractivity contribution in [3.63, 3.8) is 0 Å². The van der Waals surface area contributed by atoms with E-state index in [4.69, 9.17) is 0 Å². The Morgan fingerprint density at radius 1 is 1.23 bits per heavy atom. The van der Waals surface area contributed by atoms with Crippen LogP contribution >= 0.6 is 12.4 Å². The van der Waals surface area contributed by atoms with Crippen molar-refractivity contribution in [3.05, 3.63) is 51.9 Å². The van der Waals surface area contributed by atoms with Crippen LogP contribution in [0.2, 0.25) is 0 Å². The molecule has 3 N–H and O–H groups in total. The average molecular weight is 325 g/mol. The van der Waals surface area contributed by atoms with Crippen molar-refractivity contribution in [3.8, 4) is 5.69 Å². The van der Waals surface area contributed by atoms with E-state index in [1.54, 1.807) is 0 Å². The molecule has 0 bridgehead atoms. The van der Waals surface area contributed by atoms with Gasteiger partial charge in [0.1, 0.15) is 5.69 Å². The number of hydrogen-bond donors (Lipinski definition) is 3. The third kappa shape index (κ3) is 4.47. The number of nitrogens with one attached hydrogen (secondary N) is 3. The SMILES string of the molecule is CNCCCNC(=O)c1cc(=O)n(-c2ccc(C)cc2)[nH]1.Cl. The summed E-state index contributed by atoms with van der Waals surface area (Å²) in [5.74, 6) is -0.269. The van der Waals surface area contributed by atoms with Crippen LogP contribution in [0, 0.1) is 6.92 Å². The molecule has 0 spiro atoms. The lowest BCUT2D eigenvalue weighted by molar-refractivity contribution is 0.0948. The van der Waals surface area contributed by atoms with Crippen LogP contribution in [0.5, 0.6) is 0 Å². The third-order valence-electron chi connectivity index (χ3n) is 3.15. The van der Waals surface area contributed by atoms with E-state index in [2.05, 4.69) is 15.7 Å². The molecule has 2 rings (SSSR count). The highest BCUT2D eigenvalue weighted by molar-refractivity contribution is 5.92. The Morgan fingerprint density at radius 2 is 1.91 bits per heavy atom. The molecule has 6 nitrogen and oxygen atoms in total. The minimum Gasteiger partial charge on any atom is -0.351 e. The van der Waals surface area contributed by atoms with Gasteiger partial charge in [-0.05, 0) is 39.1 Å². The van der Waals surface area contributed by atoms with Crippen molar-refractivity contribution in [2.45, 2.75) is 13.3 Å². The fourth-order valence-electron chi connectivity index (χ4n) is 1.96. The maximum atomic E-state index is 11.9. The summed E-state index contributed by atoms with van der Waals surface area (Å²) in [5.41, 5.74) is 1.84. The van der Waals surface area contributed by atoms with E-state index < -0.39 is 0 Å². The first-order chi connectivity index (χ1) is 10.1. The number of H-pyrrole nitrogens is 1. The number of rotatable bonds is 6. The number of carbonyl (C=O) groups is 1. The van der Waals surface area contributed by atoms with Crippen LogP contribution in [-0.4, -0.2) is 35.8 Å². The molecule has 0 aliphatic rings. The first-order valence-electron chi connectivity index (χ1n) is 6.93. The van der Waals surface area contributed by atoms with E-state index in [1.165, 1.54) is 10.7 Å². The van der Waals surface area contributed by atoms with Crippen LogP contribution < -0.4 is 16.2 Å². The topological polar surface area (TPSA) is 78.9 Å². The standard InChI is InChI=1S/C15H20N4O2.ClH/c1-11-4-6-12(7-5-11)19-14(20)10-13(18-19)15(21)17-9-3-8-16-2;/h4-7,10,16,18H,3,8-9H2,1-2H3,(H,17,21);1H. The summed E-state index contributed by atoms with van der Waals surface area (Å²) < 4.78 is 1.36. The highest BCUT2D eigenvalue weighted by Gasteiger charge is 2.11. The monoisotopic (exact) mass is 324 g/mol. The molecular formula is C15H21ClN4O2. The fourth-order valence-corrected chi connectivity index (χ4v) is 1.96. The normalized spacial score (nSPS) is 10.1. The van der Waals surface area contributed by atoms with Crippen molar-refractivity contribution in [2.24, 2.45) is 0 Å². The van der Waals surface area contributed by atoms with Crippen LogP contribution in [0.1, 0.15) is 22.5 Å². The molecule has 0 saturated heterocycles. The Hall–Kier alpha value is -2.05. The summed E-state index contributed by atoms with van der Waals surface area (Å²) in [6, 6.07) is 8.82. The molecular weight excluding hydrogens is 304 g/mol. The summed E-state index contributed by atoms with van der Waals surface area (Å²) in [4.78, 5) is 23.9. The van der Waals surface area contributed by atoms with Crippen LogP contribution in [0.15, 0.2) is 35.1 Å². The number of benzene rings is 1. The number of nitrogens with zero attached hydrogens (tertiary/aromatic N) is 1. The van der Waals surface area contributed by atoms with E-state index in [1.807, 2.05) is 38.2 Å². The van der Waals surface area contributed by atoms with Gasteiger partial charge in [0.2, 0.25) is 0 Å². The van der Waals surface area contributed by atoms with Gasteiger partial charge in [-0.2, -0.15) is 0 Å². The number of aryl methyl sites for hydroxylation is 1. The molecule has 22 heavy (non-hydrogen) atoms. The van der Waals surface area contributed by atoms with E-state index in [0.29, 0.717) is 12.2 Å². The van der Waals surface area contributed by atoms with Gasteiger partial charge in [-0.3, -0.25) is 14.7 Å². The van der Waals surface area contributed by atoms with Gasteiger partial charge in [0.25, 0.3) is 11.5 Å². The molecule has 0 saturated carbocycles. The van der Waals surface area contributed by atoms with Gasteiger partial charge in [-0.15, -0.1) is 12.4 Å². The Balaban J connectivity index is 0.00000242. The summed E-state index contributed by atoms with van der Waals surface area (Å²) in [5, 5.41) is 8.61. The minimum absolute atomic E-state index is 0. The number of halogens is 1. The van der Waals surface area contributed by atoms with Gasteiger partial charge in [0.15, 0.2) is 0 Å². The zero-order chi connectivity index (χ0) is 15.2. The number of amides is 1. The highest BCUT2D eigenvalue weighted by Crippen LogP contribution is 2.06. The zero-order valence-electron chi connectivity index (χ0n) is 12.7. The smallest absolute Gasteiger partial charge is 0.271 e. The molecule has 1 heterocycles. The largest absolute Gasteiger partial charge is 0.351 e. The first kappa shape index (κ1) is 18.0. The Bertz CT molecular complexity index is 661. The predicted molar refractivity (Wildman–Crippen MR) is 89.3 cm³/mol. The molecule has 2 aromatic rings. The molecule has 0 unspecified atom stereocenters. The lowest BCUT2D eigenvalue weighted by atomic mass is 10.2. The van der Waals surface area contributed by atoms with Gasteiger partial charge < -0.3 is 10.6 Å². The molecule has 1 amide bonds. The van der Waals surface area contributed by atoms with Crippen molar-refractivity contribution in [2.75, 3.05) is 20.1 Å². The van der Waals surface area contributed by atoms with E-state index in [9.17, 15) is 9.59 Å². The molecule has 0 atom stereocenters. The van der Waals surface area contributed by atoms with Gasteiger partial charge in [-0.1, -0.05) is 17.7 Å². The summed E-state index contributed by atoms with van der Waals surface area (Å²) >= 11 is 0. The van der Waals surface area contributed by atoms with Gasteiger partial charge in [0.05, 0.1) is 5.69 Å². The summed E-state index contributed by atoms with van der Waals surface area (Å²) in [7, 11) is 1.86. The summed E-state index contributed by atoms with van der Waals surface area (Å²) in [6.07, 6.45) is 0.838. The average Bonchev–Trinajstić information content (AvgIpc) is 2.86. The fraction of sp³-hybridized carbons (Fsp3) is 0.333. The van der Waals surface area contributed by atoms with Crippen LogP contribution in [-0.2, 0) is 0 Å². The number of aromatic amines is 1. The van der Waals surface area contributed by atoms with Crippen molar-refractivity contribution >= 4 is 18.3 Å². The third-order valence-corrected chi connectivity index (χ3v) is 3.15. The molecule has 0 aliphatic carbocycles. The first-order valence-corrected chi connectivity index (χ1v) is 6.93. The molecule has 0 radical (unpaired) electrons. The van der Waals surface area contributed by atoms with E-state index in [-0.39, 0.29) is 29.6 Å². The number of hydrogen-bond acceptors (Lipinski definition) is 3. The Kier molecular flexibility index (Phi) is 6.88. The maximum Gasteiger partial charge on any atom is 0.271 e. The molecule has 7 heteroatoms. The van der Waals surface area contributed by atoms with Gasteiger partial charge >= 0.3 is 0 Å². The summed E-state index contributed by atoms with van der Waals surface area (Å²) in [6.45, 7) is 3.38. The van der Waals surface area contributed by atoms with Gasteiger partial charge in [0, 0.05) is 12.6 Å². The van der Waals surface area contributed by atoms with Crippen LogP contribution in [0.4, 0.5) is 0 Å². The molecule has 1 aromatic heterocycles. The second-order valence-electron chi connectivity index (χ2n) is 4.89. The minimum atomic E-state index is -0.269. The van der Waals surface area contributed by atoms with Crippen molar-refractivity contribution in [1.29, 1.82) is 0 Å². The van der Waals surface area contributed by atoms with E-state index >= 15 is 0 Å². The van der Waals surface area contributed by atoms with Crippen LogP contribution in [0.25, 0.3) is 5.69 Å². The van der Waals surface area contributed by atoms with Gasteiger partial charge in [-0.25, -0.2) is 4.68 Å². The maximum absolute atomic E-state index is 11.9. The Morgan fingerprint density at radius 3 is 2.55 bits per heavy atom. The van der Waals surface area contributed by atoms with Crippen LogP contribution in [0.3, 0.4) is 0 Å².